The highest BCUT2D eigenvalue weighted by molar-refractivity contribution is 5.27. The van der Waals surface area contributed by atoms with Crippen LogP contribution in [0.5, 0.6) is 5.75 Å². The third-order valence-electron chi connectivity index (χ3n) is 3.77. The highest BCUT2D eigenvalue weighted by atomic mass is 16.5. The third kappa shape index (κ3) is 4.60. The predicted octanol–water partition coefficient (Wildman–Crippen LogP) is 2.58. The molecule has 0 saturated heterocycles. The van der Waals surface area contributed by atoms with E-state index in [4.69, 9.17) is 4.74 Å². The fourth-order valence-corrected chi connectivity index (χ4v) is 2.55. The van der Waals surface area contributed by atoms with Crippen molar-refractivity contribution in [3.63, 3.8) is 0 Å². The van der Waals surface area contributed by atoms with Gasteiger partial charge >= 0.3 is 0 Å². The number of aryl methyl sites for hydroxylation is 2. The monoisotopic (exact) mass is 287 g/mol. The van der Waals surface area contributed by atoms with Crippen LogP contribution in [0.15, 0.2) is 36.7 Å². The molecule has 4 nitrogen and oxygen atoms in total. The van der Waals surface area contributed by atoms with Crippen LogP contribution in [-0.2, 0) is 19.9 Å². The summed E-state index contributed by atoms with van der Waals surface area (Å²) in [4.78, 5) is 4.40. The normalized spacial score (nSPS) is 12.3. The number of benzene rings is 1. The van der Waals surface area contributed by atoms with Crippen LogP contribution in [0.1, 0.15) is 24.7 Å². The molecule has 2 aromatic rings. The van der Waals surface area contributed by atoms with E-state index in [1.165, 1.54) is 5.56 Å². The number of likely N-dealkylation sites (N-methyl/N-ethyl adjacent to an activating group) is 1. The molecular formula is C17H25N3O. The Morgan fingerprint density at radius 2 is 2.05 bits per heavy atom. The number of nitrogens with zero attached hydrogens (tertiary/aromatic N) is 2. The van der Waals surface area contributed by atoms with Crippen molar-refractivity contribution in [1.29, 1.82) is 0 Å². The second kappa shape index (κ2) is 7.84. The van der Waals surface area contributed by atoms with E-state index in [-0.39, 0.29) is 0 Å². The minimum Gasteiger partial charge on any atom is -0.497 e. The third-order valence-corrected chi connectivity index (χ3v) is 3.77. The van der Waals surface area contributed by atoms with Crippen LogP contribution in [-0.4, -0.2) is 29.2 Å². The summed E-state index contributed by atoms with van der Waals surface area (Å²) in [7, 11) is 3.75. The Hall–Kier alpha value is -1.81. The Labute approximate surface area is 127 Å². The zero-order chi connectivity index (χ0) is 15.1. The van der Waals surface area contributed by atoms with Crippen molar-refractivity contribution < 1.29 is 4.74 Å². The molecule has 0 saturated carbocycles. The Morgan fingerprint density at radius 3 is 2.62 bits per heavy atom. The smallest absolute Gasteiger partial charge is 0.118 e. The molecule has 0 fully saturated rings. The molecule has 0 bridgehead atoms. The molecule has 1 heterocycles. The molecule has 0 radical (unpaired) electrons. The number of aromatic nitrogens is 2. The van der Waals surface area contributed by atoms with Crippen LogP contribution < -0.4 is 10.1 Å². The van der Waals surface area contributed by atoms with E-state index in [9.17, 15) is 0 Å². The second-order valence-electron chi connectivity index (χ2n) is 5.30. The molecule has 4 heteroatoms. The fourth-order valence-electron chi connectivity index (χ4n) is 2.55. The zero-order valence-electron chi connectivity index (χ0n) is 13.2. The number of imidazole rings is 1. The van der Waals surface area contributed by atoms with Gasteiger partial charge in [0, 0.05) is 31.9 Å². The summed E-state index contributed by atoms with van der Waals surface area (Å²) in [5.41, 5.74) is 1.33. The minimum atomic E-state index is 0.472. The van der Waals surface area contributed by atoms with Crippen molar-refractivity contribution in [2.75, 3.05) is 13.7 Å². The van der Waals surface area contributed by atoms with E-state index in [1.54, 1.807) is 7.11 Å². The summed E-state index contributed by atoms with van der Waals surface area (Å²) >= 11 is 0. The van der Waals surface area contributed by atoms with Gasteiger partial charge in [-0.15, -0.1) is 0 Å². The van der Waals surface area contributed by atoms with E-state index in [2.05, 4.69) is 33.9 Å². The van der Waals surface area contributed by atoms with Gasteiger partial charge in [-0.05, 0) is 37.1 Å². The first-order valence-electron chi connectivity index (χ1n) is 7.55. The van der Waals surface area contributed by atoms with E-state index in [0.29, 0.717) is 6.04 Å². The number of rotatable bonds is 8. The van der Waals surface area contributed by atoms with Gasteiger partial charge in [-0.1, -0.05) is 19.1 Å². The van der Waals surface area contributed by atoms with Crippen LogP contribution in [0.25, 0.3) is 0 Å². The largest absolute Gasteiger partial charge is 0.497 e. The zero-order valence-corrected chi connectivity index (χ0v) is 13.2. The lowest BCUT2D eigenvalue weighted by Gasteiger charge is -2.18. The molecule has 0 spiro atoms. The molecular weight excluding hydrogens is 262 g/mol. The Kier molecular flexibility index (Phi) is 5.81. The fraction of sp³-hybridized carbons (Fsp3) is 0.471. The maximum Gasteiger partial charge on any atom is 0.118 e. The summed E-state index contributed by atoms with van der Waals surface area (Å²) in [5.74, 6) is 2.05. The lowest BCUT2D eigenvalue weighted by atomic mass is 10.0. The SMILES string of the molecule is CCNC(CCc1nccn1C)Cc1ccc(OC)cc1. The molecule has 0 amide bonds. The molecule has 2 rings (SSSR count). The first-order chi connectivity index (χ1) is 10.2. The maximum absolute atomic E-state index is 5.20. The lowest BCUT2D eigenvalue weighted by molar-refractivity contribution is 0.414. The Bertz CT molecular complexity index is 533. The Balaban J connectivity index is 1.93. The van der Waals surface area contributed by atoms with E-state index in [0.717, 1.165) is 37.4 Å². The molecule has 21 heavy (non-hydrogen) atoms. The summed E-state index contributed by atoms with van der Waals surface area (Å²) in [5, 5.41) is 3.57. The van der Waals surface area contributed by atoms with E-state index in [1.807, 2.05) is 31.6 Å². The van der Waals surface area contributed by atoms with Gasteiger partial charge < -0.3 is 14.6 Å². The summed E-state index contributed by atoms with van der Waals surface area (Å²) in [6.45, 7) is 3.14. The first-order valence-corrected chi connectivity index (χ1v) is 7.55. The molecule has 0 aliphatic rings. The number of hydrogen-bond donors (Lipinski definition) is 1. The van der Waals surface area contributed by atoms with Crippen molar-refractivity contribution in [2.45, 2.75) is 32.2 Å². The van der Waals surface area contributed by atoms with Crippen molar-refractivity contribution in [3.8, 4) is 5.75 Å². The molecule has 1 aromatic heterocycles. The number of nitrogens with one attached hydrogen (secondary N) is 1. The molecule has 0 aliphatic carbocycles. The van der Waals surface area contributed by atoms with Crippen LogP contribution in [0, 0.1) is 0 Å². The van der Waals surface area contributed by atoms with Crippen molar-refractivity contribution in [3.05, 3.63) is 48.0 Å². The van der Waals surface area contributed by atoms with Crippen molar-refractivity contribution in [1.82, 2.24) is 14.9 Å². The lowest BCUT2D eigenvalue weighted by Crippen LogP contribution is -2.31. The van der Waals surface area contributed by atoms with Crippen LogP contribution in [0.4, 0.5) is 0 Å². The Morgan fingerprint density at radius 1 is 1.29 bits per heavy atom. The summed E-state index contributed by atoms with van der Waals surface area (Å²) in [6.07, 6.45) is 6.98. The standard InChI is InChI=1S/C17H25N3O/c1-4-18-15(7-10-17-19-11-12-20(17)2)13-14-5-8-16(21-3)9-6-14/h5-6,8-9,11-12,15,18H,4,7,10,13H2,1-3H3. The first kappa shape index (κ1) is 15.6. The average molecular weight is 287 g/mol. The van der Waals surface area contributed by atoms with Gasteiger partial charge in [0.25, 0.3) is 0 Å². The van der Waals surface area contributed by atoms with Crippen molar-refractivity contribution in [2.24, 2.45) is 7.05 Å². The maximum atomic E-state index is 5.20. The van der Waals surface area contributed by atoms with Gasteiger partial charge in [0.05, 0.1) is 7.11 Å². The summed E-state index contributed by atoms with van der Waals surface area (Å²) in [6, 6.07) is 8.81. The van der Waals surface area contributed by atoms with E-state index >= 15 is 0 Å². The average Bonchev–Trinajstić information content (AvgIpc) is 2.91. The highest BCUT2D eigenvalue weighted by Crippen LogP contribution is 2.14. The van der Waals surface area contributed by atoms with Gasteiger partial charge in [0.2, 0.25) is 0 Å². The minimum absolute atomic E-state index is 0.472. The van der Waals surface area contributed by atoms with Gasteiger partial charge in [-0.3, -0.25) is 0 Å². The second-order valence-corrected chi connectivity index (χ2v) is 5.30. The molecule has 1 aromatic carbocycles. The number of hydrogen-bond acceptors (Lipinski definition) is 3. The summed E-state index contributed by atoms with van der Waals surface area (Å²) < 4.78 is 7.30. The topological polar surface area (TPSA) is 39.1 Å². The number of ether oxygens (including phenoxy) is 1. The molecule has 1 N–H and O–H groups in total. The highest BCUT2D eigenvalue weighted by Gasteiger charge is 2.10. The van der Waals surface area contributed by atoms with Crippen LogP contribution >= 0.6 is 0 Å². The molecule has 0 aliphatic heterocycles. The van der Waals surface area contributed by atoms with Gasteiger partial charge in [0.15, 0.2) is 0 Å². The molecule has 1 atom stereocenters. The van der Waals surface area contributed by atoms with Gasteiger partial charge in [0.1, 0.15) is 11.6 Å². The van der Waals surface area contributed by atoms with E-state index < -0.39 is 0 Å². The van der Waals surface area contributed by atoms with Crippen molar-refractivity contribution >= 4 is 0 Å². The van der Waals surface area contributed by atoms with Crippen LogP contribution in [0.2, 0.25) is 0 Å². The number of methoxy groups -OCH3 is 1. The van der Waals surface area contributed by atoms with Crippen LogP contribution in [0.3, 0.4) is 0 Å². The quantitative estimate of drug-likeness (QED) is 0.811. The predicted molar refractivity (Wildman–Crippen MR) is 85.7 cm³/mol. The molecule has 1 unspecified atom stereocenters. The van der Waals surface area contributed by atoms with Gasteiger partial charge in [-0.25, -0.2) is 4.98 Å². The molecule has 114 valence electrons. The van der Waals surface area contributed by atoms with Gasteiger partial charge in [-0.2, -0.15) is 0 Å².